The van der Waals surface area contributed by atoms with Gasteiger partial charge in [0.1, 0.15) is 0 Å². The standard InChI is InChI=1S/C26H30N4O4/c1-32-22-16-18-15-21-24(26(31)27-9-6-10-29-11-13-34-14-12-29)28-30(19-7-4-3-5-8-19)25(21)20(18)17-23(22)33-2/h3-5,7-8,16-17H,6,9-15H2,1-2H3,(H,27,31). The molecule has 8 nitrogen and oxygen atoms in total. The van der Waals surface area contributed by atoms with E-state index >= 15 is 0 Å². The number of carbonyl (C=O) groups is 1. The predicted molar refractivity (Wildman–Crippen MR) is 129 cm³/mol. The van der Waals surface area contributed by atoms with Gasteiger partial charge in [-0.25, -0.2) is 4.68 Å². The van der Waals surface area contributed by atoms with Crippen molar-refractivity contribution in [1.29, 1.82) is 0 Å². The fourth-order valence-corrected chi connectivity index (χ4v) is 4.72. The zero-order valence-electron chi connectivity index (χ0n) is 19.7. The van der Waals surface area contributed by atoms with Crippen molar-refractivity contribution in [2.24, 2.45) is 0 Å². The van der Waals surface area contributed by atoms with Crippen LogP contribution < -0.4 is 14.8 Å². The summed E-state index contributed by atoms with van der Waals surface area (Å²) >= 11 is 0. The number of aromatic nitrogens is 2. The number of ether oxygens (including phenoxy) is 3. The number of carbonyl (C=O) groups excluding carboxylic acids is 1. The molecular formula is C26H30N4O4. The minimum atomic E-state index is -0.139. The van der Waals surface area contributed by atoms with Crippen molar-refractivity contribution in [3.63, 3.8) is 0 Å². The van der Waals surface area contributed by atoms with E-state index in [1.165, 1.54) is 0 Å². The molecule has 0 bridgehead atoms. The van der Waals surface area contributed by atoms with Gasteiger partial charge in [-0.05, 0) is 42.8 Å². The zero-order valence-corrected chi connectivity index (χ0v) is 19.7. The number of morpholine rings is 1. The lowest BCUT2D eigenvalue weighted by molar-refractivity contribution is 0.0374. The Morgan fingerprint density at radius 3 is 2.56 bits per heavy atom. The monoisotopic (exact) mass is 462 g/mol. The molecular weight excluding hydrogens is 432 g/mol. The second-order valence-corrected chi connectivity index (χ2v) is 8.53. The summed E-state index contributed by atoms with van der Waals surface area (Å²) in [5, 5.41) is 7.86. The molecule has 5 rings (SSSR count). The highest BCUT2D eigenvalue weighted by Crippen LogP contribution is 2.44. The van der Waals surface area contributed by atoms with Crippen molar-refractivity contribution in [2.45, 2.75) is 12.8 Å². The summed E-state index contributed by atoms with van der Waals surface area (Å²) in [7, 11) is 3.26. The van der Waals surface area contributed by atoms with Gasteiger partial charge in [0.2, 0.25) is 0 Å². The fraction of sp³-hybridized carbons (Fsp3) is 0.385. The number of hydrogen-bond donors (Lipinski definition) is 1. The average molecular weight is 463 g/mol. The number of nitrogens with zero attached hydrogens (tertiary/aromatic N) is 3. The largest absolute Gasteiger partial charge is 0.493 e. The van der Waals surface area contributed by atoms with Crippen LogP contribution >= 0.6 is 0 Å². The van der Waals surface area contributed by atoms with Gasteiger partial charge in [0.25, 0.3) is 5.91 Å². The zero-order chi connectivity index (χ0) is 23.5. The molecule has 0 spiro atoms. The molecule has 8 heteroatoms. The number of amides is 1. The number of nitrogens with one attached hydrogen (secondary N) is 1. The van der Waals surface area contributed by atoms with Gasteiger partial charge in [-0.1, -0.05) is 18.2 Å². The number of benzene rings is 2. The summed E-state index contributed by atoms with van der Waals surface area (Å²) in [5.74, 6) is 1.20. The molecule has 0 atom stereocenters. The third-order valence-corrected chi connectivity index (χ3v) is 6.47. The number of rotatable bonds is 8. The molecule has 1 amide bonds. The Morgan fingerprint density at radius 2 is 1.82 bits per heavy atom. The summed E-state index contributed by atoms with van der Waals surface area (Å²) in [4.78, 5) is 15.6. The van der Waals surface area contributed by atoms with E-state index in [2.05, 4.69) is 10.2 Å². The highest BCUT2D eigenvalue weighted by Gasteiger charge is 2.32. The summed E-state index contributed by atoms with van der Waals surface area (Å²) in [6.45, 7) is 5.03. The van der Waals surface area contributed by atoms with Crippen LogP contribution in [-0.2, 0) is 11.2 Å². The highest BCUT2D eigenvalue weighted by atomic mass is 16.5. The molecule has 0 unspecified atom stereocenters. The van der Waals surface area contributed by atoms with Gasteiger partial charge < -0.3 is 19.5 Å². The lowest BCUT2D eigenvalue weighted by atomic mass is 10.1. The first-order chi connectivity index (χ1) is 16.7. The fourth-order valence-electron chi connectivity index (χ4n) is 4.72. The number of fused-ring (bicyclic) bond motifs is 3. The Balaban J connectivity index is 1.42. The van der Waals surface area contributed by atoms with Crippen molar-refractivity contribution >= 4 is 5.91 Å². The quantitative estimate of drug-likeness (QED) is 0.406. The summed E-state index contributed by atoms with van der Waals surface area (Å²) in [6, 6.07) is 13.9. The second-order valence-electron chi connectivity index (χ2n) is 8.53. The van der Waals surface area contributed by atoms with Crippen molar-refractivity contribution in [3.05, 3.63) is 59.3 Å². The normalized spacial score (nSPS) is 15.0. The first-order valence-corrected chi connectivity index (χ1v) is 11.7. The van der Waals surface area contributed by atoms with Gasteiger partial charge in [0.15, 0.2) is 17.2 Å². The average Bonchev–Trinajstić information content (AvgIpc) is 3.43. The number of para-hydroxylation sites is 1. The van der Waals surface area contributed by atoms with Gasteiger partial charge in [-0.15, -0.1) is 0 Å². The number of methoxy groups -OCH3 is 2. The maximum atomic E-state index is 13.2. The molecule has 1 aromatic heterocycles. The Hall–Kier alpha value is -3.36. The summed E-state index contributed by atoms with van der Waals surface area (Å²) in [5.41, 5.74) is 5.35. The van der Waals surface area contributed by atoms with Gasteiger partial charge in [-0.2, -0.15) is 5.10 Å². The third kappa shape index (κ3) is 4.26. The van der Waals surface area contributed by atoms with Gasteiger partial charge in [-0.3, -0.25) is 9.69 Å². The molecule has 2 aliphatic rings. The predicted octanol–water partition coefficient (Wildman–Crippen LogP) is 2.91. The first kappa shape index (κ1) is 22.4. The molecule has 34 heavy (non-hydrogen) atoms. The van der Waals surface area contributed by atoms with E-state index in [1.54, 1.807) is 14.2 Å². The van der Waals surface area contributed by atoms with Crippen LogP contribution in [-0.4, -0.2) is 74.2 Å². The van der Waals surface area contributed by atoms with Crippen LogP contribution in [0.1, 0.15) is 28.0 Å². The van der Waals surface area contributed by atoms with Crippen LogP contribution in [0.2, 0.25) is 0 Å². The van der Waals surface area contributed by atoms with Crippen LogP contribution in [0.25, 0.3) is 16.9 Å². The minimum absolute atomic E-state index is 0.139. The summed E-state index contributed by atoms with van der Waals surface area (Å²) < 4.78 is 18.3. The summed E-state index contributed by atoms with van der Waals surface area (Å²) in [6.07, 6.45) is 1.51. The second kappa shape index (κ2) is 9.87. The van der Waals surface area contributed by atoms with Crippen LogP contribution in [0.5, 0.6) is 11.5 Å². The van der Waals surface area contributed by atoms with Gasteiger partial charge >= 0.3 is 0 Å². The van der Waals surface area contributed by atoms with E-state index < -0.39 is 0 Å². The lowest BCUT2D eigenvalue weighted by Gasteiger charge is -2.26. The van der Waals surface area contributed by atoms with Crippen LogP contribution in [0.4, 0.5) is 0 Å². The molecule has 0 radical (unpaired) electrons. The van der Waals surface area contributed by atoms with Crippen LogP contribution in [0.3, 0.4) is 0 Å². The van der Waals surface area contributed by atoms with Crippen molar-refractivity contribution < 1.29 is 19.0 Å². The minimum Gasteiger partial charge on any atom is -0.493 e. The Bertz CT molecular complexity index is 1170. The van der Waals surface area contributed by atoms with Crippen molar-refractivity contribution in [1.82, 2.24) is 20.0 Å². The molecule has 1 aliphatic heterocycles. The van der Waals surface area contributed by atoms with E-state index in [-0.39, 0.29) is 5.91 Å². The third-order valence-electron chi connectivity index (χ3n) is 6.47. The van der Waals surface area contributed by atoms with Gasteiger partial charge in [0, 0.05) is 37.2 Å². The van der Waals surface area contributed by atoms with Crippen molar-refractivity contribution in [3.8, 4) is 28.4 Å². The Morgan fingerprint density at radius 1 is 1.09 bits per heavy atom. The smallest absolute Gasteiger partial charge is 0.272 e. The first-order valence-electron chi connectivity index (χ1n) is 11.7. The topological polar surface area (TPSA) is 77.8 Å². The molecule has 1 saturated heterocycles. The van der Waals surface area contributed by atoms with Gasteiger partial charge in [0.05, 0.1) is 38.8 Å². The van der Waals surface area contributed by atoms with E-state index in [4.69, 9.17) is 19.3 Å². The maximum absolute atomic E-state index is 13.2. The van der Waals surface area contributed by atoms with E-state index in [1.807, 2.05) is 47.1 Å². The highest BCUT2D eigenvalue weighted by molar-refractivity contribution is 5.97. The van der Waals surface area contributed by atoms with Crippen LogP contribution in [0, 0.1) is 0 Å². The van der Waals surface area contributed by atoms with Crippen LogP contribution in [0.15, 0.2) is 42.5 Å². The molecule has 0 saturated carbocycles. The molecule has 1 fully saturated rings. The molecule has 2 aromatic carbocycles. The molecule has 3 aromatic rings. The SMILES string of the molecule is COc1cc2c(cc1OC)-c1c(c(C(=O)NCCCN3CCOCC3)nn1-c1ccccc1)C2. The van der Waals surface area contributed by atoms with E-state index in [0.29, 0.717) is 30.2 Å². The maximum Gasteiger partial charge on any atom is 0.272 e. The number of hydrogen-bond acceptors (Lipinski definition) is 6. The van der Waals surface area contributed by atoms with E-state index in [9.17, 15) is 4.79 Å². The molecule has 1 aliphatic carbocycles. The van der Waals surface area contributed by atoms with E-state index in [0.717, 1.165) is 67.3 Å². The Kier molecular flexibility index (Phi) is 6.51. The molecule has 1 N–H and O–H groups in total. The Labute approximate surface area is 199 Å². The van der Waals surface area contributed by atoms with Crippen molar-refractivity contribution in [2.75, 3.05) is 53.6 Å². The lowest BCUT2D eigenvalue weighted by Crippen LogP contribution is -2.38. The molecule has 178 valence electrons. The molecule has 2 heterocycles.